The first-order chi connectivity index (χ1) is 9.85. The van der Waals surface area contributed by atoms with Crippen molar-refractivity contribution >= 4 is 0 Å². The molecule has 0 radical (unpaired) electrons. The van der Waals surface area contributed by atoms with Crippen LogP contribution in [-0.2, 0) is 0 Å². The highest BCUT2D eigenvalue weighted by Crippen LogP contribution is 2.43. The molecule has 1 N–H and O–H groups in total. The first kappa shape index (κ1) is 18.3. The van der Waals surface area contributed by atoms with Crippen molar-refractivity contribution in [3.05, 3.63) is 0 Å². The third-order valence-corrected chi connectivity index (χ3v) is 5.23. The summed E-state index contributed by atoms with van der Waals surface area (Å²) in [6.45, 7) is 6.28. The van der Waals surface area contributed by atoms with Crippen LogP contribution in [0.3, 0.4) is 0 Å². The van der Waals surface area contributed by atoms with Gasteiger partial charge in [0, 0.05) is 12.6 Å². The van der Waals surface area contributed by atoms with E-state index in [0.29, 0.717) is 5.92 Å². The molecule has 0 bridgehead atoms. The normalized spacial score (nSPS) is 27.1. The number of halogens is 2. The number of hydrogen-bond donors (Lipinski definition) is 1. The average molecular weight is 302 g/mol. The second-order valence-corrected chi connectivity index (χ2v) is 6.76. The summed E-state index contributed by atoms with van der Waals surface area (Å²) < 4.78 is 25.6. The van der Waals surface area contributed by atoms with Crippen molar-refractivity contribution in [2.75, 3.05) is 19.7 Å². The summed E-state index contributed by atoms with van der Waals surface area (Å²) in [4.78, 5) is 1.62. The van der Waals surface area contributed by atoms with E-state index in [1.807, 2.05) is 0 Å². The molecule has 0 aromatic heterocycles. The molecule has 1 aliphatic carbocycles. The number of hydrogen-bond acceptors (Lipinski definition) is 3. The van der Waals surface area contributed by atoms with E-state index in [4.69, 9.17) is 5.11 Å². The van der Waals surface area contributed by atoms with Gasteiger partial charge in [-0.05, 0) is 30.6 Å². The van der Waals surface area contributed by atoms with Crippen LogP contribution >= 0.6 is 0 Å². The average Bonchev–Trinajstić information content (AvgIpc) is 2.45. The van der Waals surface area contributed by atoms with E-state index in [9.17, 15) is 14.0 Å². The lowest BCUT2D eigenvalue weighted by atomic mass is 9.66. The molecule has 3 unspecified atom stereocenters. The van der Waals surface area contributed by atoms with Gasteiger partial charge in [-0.3, -0.25) is 4.90 Å². The Labute approximate surface area is 126 Å². The predicted molar refractivity (Wildman–Crippen MR) is 79.0 cm³/mol. The topological polar surface area (TPSA) is 47.3 Å². The quantitative estimate of drug-likeness (QED) is 0.785. The lowest BCUT2D eigenvalue weighted by Gasteiger charge is -2.45. The van der Waals surface area contributed by atoms with Crippen molar-refractivity contribution in [3.63, 3.8) is 0 Å². The molecule has 0 aromatic carbocycles. The maximum absolute atomic E-state index is 12.8. The molecule has 1 aliphatic rings. The van der Waals surface area contributed by atoms with Gasteiger partial charge in [0.25, 0.3) is 6.43 Å². The van der Waals surface area contributed by atoms with Crippen LogP contribution in [-0.4, -0.2) is 42.2 Å². The first-order valence-electron chi connectivity index (χ1n) is 7.88. The maximum atomic E-state index is 12.8. The van der Waals surface area contributed by atoms with Crippen molar-refractivity contribution in [1.82, 2.24) is 4.90 Å². The van der Waals surface area contributed by atoms with Crippen molar-refractivity contribution in [2.24, 2.45) is 17.3 Å². The smallest absolute Gasteiger partial charge is 0.251 e. The van der Waals surface area contributed by atoms with Gasteiger partial charge in [0.15, 0.2) is 0 Å². The van der Waals surface area contributed by atoms with E-state index < -0.39 is 6.43 Å². The molecule has 0 heterocycles. The van der Waals surface area contributed by atoms with Gasteiger partial charge < -0.3 is 5.11 Å². The number of alkyl halides is 2. The van der Waals surface area contributed by atoms with Crippen LogP contribution in [0.1, 0.15) is 46.5 Å². The van der Waals surface area contributed by atoms with Crippen LogP contribution in [0.2, 0.25) is 0 Å². The molecule has 21 heavy (non-hydrogen) atoms. The number of aliphatic hydroxyl groups is 1. The van der Waals surface area contributed by atoms with Gasteiger partial charge in [-0.1, -0.05) is 27.2 Å². The van der Waals surface area contributed by atoms with Crippen molar-refractivity contribution in [3.8, 4) is 6.07 Å². The Kier molecular flexibility index (Phi) is 7.02. The van der Waals surface area contributed by atoms with Gasteiger partial charge in [-0.25, -0.2) is 8.78 Å². The van der Waals surface area contributed by atoms with Crippen molar-refractivity contribution in [1.29, 1.82) is 5.26 Å². The third-order valence-electron chi connectivity index (χ3n) is 5.23. The van der Waals surface area contributed by atoms with Crippen molar-refractivity contribution < 1.29 is 13.9 Å². The summed E-state index contributed by atoms with van der Waals surface area (Å²) in [5.74, 6) is 0.232. The monoisotopic (exact) mass is 302 g/mol. The Morgan fingerprint density at radius 1 is 1.38 bits per heavy atom. The molecule has 1 fully saturated rings. The fraction of sp³-hybridized carbons (Fsp3) is 0.938. The molecule has 5 heteroatoms. The minimum Gasteiger partial charge on any atom is -0.395 e. The molecule has 122 valence electrons. The zero-order chi connectivity index (χ0) is 16.0. The number of nitrogens with zero attached hydrogens (tertiary/aromatic N) is 2. The SMILES string of the molecule is CCC(C)(C)C1CCC(C#N)C(N(CCO)CC(F)F)C1. The molecule has 0 aromatic rings. The van der Waals surface area contributed by atoms with Gasteiger partial charge in [-0.15, -0.1) is 0 Å². The van der Waals surface area contributed by atoms with Crippen LogP contribution in [0.25, 0.3) is 0 Å². The molecule has 0 saturated heterocycles. The molecule has 0 amide bonds. The molecule has 3 atom stereocenters. The lowest BCUT2D eigenvalue weighted by Crippen LogP contribution is -2.49. The van der Waals surface area contributed by atoms with E-state index in [1.165, 1.54) is 0 Å². The Bertz CT molecular complexity index is 355. The Balaban J connectivity index is 2.88. The highest BCUT2D eigenvalue weighted by atomic mass is 19.3. The molecular weight excluding hydrogens is 274 g/mol. The Hall–Kier alpha value is -0.730. The first-order valence-corrected chi connectivity index (χ1v) is 7.88. The van der Waals surface area contributed by atoms with Crippen LogP contribution in [0.4, 0.5) is 8.78 Å². The summed E-state index contributed by atoms with van der Waals surface area (Å²) in [7, 11) is 0. The fourth-order valence-corrected chi connectivity index (χ4v) is 3.40. The standard InChI is InChI=1S/C16H28F2N2O/c1-4-16(2,3)13-6-5-12(10-19)14(9-13)20(7-8-21)11-15(17)18/h12-15,21H,4-9,11H2,1-3H3. The predicted octanol–water partition coefficient (Wildman–Crippen LogP) is 3.29. The Morgan fingerprint density at radius 3 is 2.52 bits per heavy atom. The van der Waals surface area contributed by atoms with Crippen LogP contribution in [0.15, 0.2) is 0 Å². The molecule has 1 rings (SSSR count). The van der Waals surface area contributed by atoms with Crippen LogP contribution in [0, 0.1) is 28.6 Å². The number of rotatable bonds is 7. The Morgan fingerprint density at radius 2 is 2.05 bits per heavy atom. The summed E-state index contributed by atoms with van der Waals surface area (Å²) in [5.41, 5.74) is 0.161. The summed E-state index contributed by atoms with van der Waals surface area (Å²) in [6.07, 6.45) is 1.12. The summed E-state index contributed by atoms with van der Waals surface area (Å²) in [6, 6.07) is 2.12. The van der Waals surface area contributed by atoms with E-state index >= 15 is 0 Å². The number of aliphatic hydroxyl groups excluding tert-OH is 1. The summed E-state index contributed by atoms with van der Waals surface area (Å²) >= 11 is 0. The minimum absolute atomic E-state index is 0.150. The molecule has 1 saturated carbocycles. The van der Waals surface area contributed by atoms with E-state index in [2.05, 4.69) is 26.8 Å². The zero-order valence-electron chi connectivity index (χ0n) is 13.4. The van der Waals surface area contributed by atoms with E-state index in [-0.39, 0.29) is 37.1 Å². The zero-order valence-corrected chi connectivity index (χ0v) is 13.4. The summed E-state index contributed by atoms with van der Waals surface area (Å²) in [5, 5.41) is 18.5. The van der Waals surface area contributed by atoms with Crippen molar-refractivity contribution in [2.45, 2.75) is 58.9 Å². The minimum atomic E-state index is -2.43. The van der Waals surface area contributed by atoms with Gasteiger partial charge in [0.05, 0.1) is 25.1 Å². The molecular formula is C16H28F2N2O. The second-order valence-electron chi connectivity index (χ2n) is 6.76. The lowest BCUT2D eigenvalue weighted by molar-refractivity contribution is 0.00632. The largest absolute Gasteiger partial charge is 0.395 e. The second kappa shape index (κ2) is 8.05. The molecule has 0 spiro atoms. The van der Waals surface area contributed by atoms with Crippen LogP contribution in [0.5, 0.6) is 0 Å². The van der Waals surface area contributed by atoms with Gasteiger partial charge in [0.1, 0.15) is 0 Å². The highest BCUT2D eigenvalue weighted by molar-refractivity contribution is 5.00. The van der Waals surface area contributed by atoms with Gasteiger partial charge in [-0.2, -0.15) is 5.26 Å². The van der Waals surface area contributed by atoms with Crippen LogP contribution < -0.4 is 0 Å². The van der Waals surface area contributed by atoms with Gasteiger partial charge >= 0.3 is 0 Å². The third kappa shape index (κ3) is 4.89. The molecule has 3 nitrogen and oxygen atoms in total. The molecule has 0 aliphatic heterocycles. The fourth-order valence-electron chi connectivity index (χ4n) is 3.40. The maximum Gasteiger partial charge on any atom is 0.251 e. The van der Waals surface area contributed by atoms with E-state index in [0.717, 1.165) is 25.7 Å². The van der Waals surface area contributed by atoms with Gasteiger partial charge in [0.2, 0.25) is 0 Å². The number of nitriles is 1. The van der Waals surface area contributed by atoms with E-state index in [1.54, 1.807) is 4.90 Å². The highest BCUT2D eigenvalue weighted by Gasteiger charge is 2.40.